The number of para-hydroxylation sites is 2. The average molecular weight is 373 g/mol. The van der Waals surface area contributed by atoms with Gasteiger partial charge in [-0.15, -0.1) is 0 Å². The van der Waals surface area contributed by atoms with Crippen molar-refractivity contribution in [2.45, 2.75) is 6.92 Å². The first-order valence-electron chi connectivity index (χ1n) is 8.50. The van der Waals surface area contributed by atoms with Gasteiger partial charge in [0.2, 0.25) is 11.6 Å². The van der Waals surface area contributed by atoms with Gasteiger partial charge >= 0.3 is 5.69 Å². The molecule has 7 nitrogen and oxygen atoms in total. The van der Waals surface area contributed by atoms with E-state index >= 15 is 0 Å². The lowest BCUT2D eigenvalue weighted by molar-refractivity contribution is -0.385. The van der Waals surface area contributed by atoms with Gasteiger partial charge in [-0.05, 0) is 42.8 Å². The minimum absolute atomic E-state index is 0.261. The van der Waals surface area contributed by atoms with Gasteiger partial charge in [0.1, 0.15) is 5.52 Å². The van der Waals surface area contributed by atoms with Crippen LogP contribution in [-0.2, 0) is 0 Å². The van der Waals surface area contributed by atoms with Crippen LogP contribution >= 0.6 is 0 Å². The molecule has 7 heteroatoms. The molecule has 4 aromatic rings. The second kappa shape index (κ2) is 6.96. The molecular formula is C21H15N3O4. The summed E-state index contributed by atoms with van der Waals surface area (Å²) in [5, 5.41) is 20.9. The highest BCUT2D eigenvalue weighted by Gasteiger charge is 2.15. The Kier molecular flexibility index (Phi) is 4.33. The molecule has 0 radical (unpaired) electrons. The van der Waals surface area contributed by atoms with E-state index in [0.717, 1.165) is 16.6 Å². The van der Waals surface area contributed by atoms with Gasteiger partial charge in [0.15, 0.2) is 5.58 Å². The van der Waals surface area contributed by atoms with E-state index in [-0.39, 0.29) is 11.3 Å². The Morgan fingerprint density at radius 2 is 1.93 bits per heavy atom. The first-order chi connectivity index (χ1) is 13.5. The zero-order valence-electron chi connectivity index (χ0n) is 14.9. The lowest BCUT2D eigenvalue weighted by Crippen LogP contribution is -1.91. The topological polar surface area (TPSA) is 102 Å². The Hall–Kier alpha value is -4.00. The summed E-state index contributed by atoms with van der Waals surface area (Å²) < 4.78 is 5.84. The minimum atomic E-state index is -0.636. The van der Waals surface area contributed by atoms with E-state index in [0.29, 0.717) is 17.2 Å². The van der Waals surface area contributed by atoms with E-state index in [1.54, 1.807) is 18.2 Å². The quantitative estimate of drug-likeness (QED) is 0.302. The van der Waals surface area contributed by atoms with Crippen LogP contribution in [0.15, 0.2) is 70.1 Å². The number of phenolic OH excluding ortho intramolecular Hbond substituents is 1. The van der Waals surface area contributed by atoms with Crippen LogP contribution in [0.5, 0.6) is 5.75 Å². The molecule has 0 aliphatic rings. The third-order valence-corrected chi connectivity index (χ3v) is 4.31. The van der Waals surface area contributed by atoms with Gasteiger partial charge in [0.25, 0.3) is 0 Å². The molecule has 0 bridgehead atoms. The van der Waals surface area contributed by atoms with Gasteiger partial charge in [0.05, 0.1) is 10.6 Å². The minimum Gasteiger partial charge on any atom is -0.502 e. The van der Waals surface area contributed by atoms with Crippen molar-refractivity contribution in [3.05, 3.63) is 81.9 Å². The second-order valence-corrected chi connectivity index (χ2v) is 6.22. The van der Waals surface area contributed by atoms with Crippen LogP contribution in [0.25, 0.3) is 22.6 Å². The number of rotatable bonds is 4. The number of aryl methyl sites for hydroxylation is 1. The van der Waals surface area contributed by atoms with Crippen LogP contribution in [0.4, 0.5) is 11.4 Å². The van der Waals surface area contributed by atoms with E-state index in [9.17, 15) is 15.2 Å². The first-order valence-corrected chi connectivity index (χ1v) is 8.50. The second-order valence-electron chi connectivity index (χ2n) is 6.22. The lowest BCUT2D eigenvalue weighted by Gasteiger charge is -2.00. The van der Waals surface area contributed by atoms with Gasteiger partial charge in [-0.25, -0.2) is 4.98 Å². The molecule has 0 saturated carbocycles. The van der Waals surface area contributed by atoms with Crippen molar-refractivity contribution in [2.24, 2.45) is 4.99 Å². The van der Waals surface area contributed by atoms with Crippen LogP contribution in [0.1, 0.15) is 11.1 Å². The first kappa shape index (κ1) is 17.4. The van der Waals surface area contributed by atoms with Crippen LogP contribution in [0.3, 0.4) is 0 Å². The predicted molar refractivity (Wildman–Crippen MR) is 106 cm³/mol. The number of aliphatic imine (C=N–C) groups is 1. The third-order valence-electron chi connectivity index (χ3n) is 4.31. The molecule has 0 amide bonds. The van der Waals surface area contributed by atoms with Crippen molar-refractivity contribution in [3.8, 4) is 17.2 Å². The van der Waals surface area contributed by atoms with E-state index in [1.807, 2.05) is 37.3 Å². The Bertz CT molecular complexity index is 1230. The summed E-state index contributed by atoms with van der Waals surface area (Å²) >= 11 is 0. The molecule has 0 fully saturated rings. The monoisotopic (exact) mass is 373 g/mol. The summed E-state index contributed by atoms with van der Waals surface area (Å²) in [6.45, 7) is 1.97. The third kappa shape index (κ3) is 3.21. The average Bonchev–Trinajstić information content (AvgIpc) is 3.13. The van der Waals surface area contributed by atoms with Crippen LogP contribution < -0.4 is 0 Å². The van der Waals surface area contributed by atoms with E-state index in [1.165, 1.54) is 18.3 Å². The molecule has 0 aliphatic heterocycles. The van der Waals surface area contributed by atoms with Crippen LogP contribution in [0, 0.1) is 17.0 Å². The largest absolute Gasteiger partial charge is 0.502 e. The SMILES string of the molecule is Cc1cccc2oc(-c3cccc(N=Cc4cccc([N+](=O)[O-])c4O)c3)nc12. The zero-order chi connectivity index (χ0) is 19.7. The van der Waals surface area contributed by atoms with Crippen molar-refractivity contribution in [2.75, 3.05) is 0 Å². The molecule has 28 heavy (non-hydrogen) atoms. The zero-order valence-corrected chi connectivity index (χ0v) is 14.9. The van der Waals surface area contributed by atoms with Crippen LogP contribution in [-0.4, -0.2) is 21.2 Å². The predicted octanol–water partition coefficient (Wildman–Crippen LogP) is 5.17. The van der Waals surface area contributed by atoms with E-state index in [2.05, 4.69) is 9.98 Å². The Balaban J connectivity index is 1.67. The maximum atomic E-state index is 10.9. The highest BCUT2D eigenvalue weighted by Crippen LogP contribution is 2.30. The van der Waals surface area contributed by atoms with E-state index in [4.69, 9.17) is 4.42 Å². The molecule has 0 unspecified atom stereocenters. The molecule has 3 aromatic carbocycles. The molecule has 0 atom stereocenters. The lowest BCUT2D eigenvalue weighted by atomic mass is 10.2. The van der Waals surface area contributed by atoms with Gasteiger partial charge in [-0.2, -0.15) is 0 Å². The fourth-order valence-electron chi connectivity index (χ4n) is 2.87. The molecule has 4 rings (SSSR count). The fraction of sp³-hybridized carbons (Fsp3) is 0.0476. The number of hydrogen-bond donors (Lipinski definition) is 1. The Morgan fingerprint density at radius 1 is 1.14 bits per heavy atom. The molecule has 1 aromatic heterocycles. The number of oxazole rings is 1. The standard InChI is InChI=1S/C21H15N3O4/c1-13-5-2-10-18-19(13)23-21(28-18)14-6-3-8-16(11-14)22-12-15-7-4-9-17(20(15)25)24(26)27/h2-12,25H,1H3. The highest BCUT2D eigenvalue weighted by atomic mass is 16.6. The van der Waals surface area contributed by atoms with Gasteiger partial charge in [-0.1, -0.05) is 24.3 Å². The number of nitro benzene ring substituents is 1. The van der Waals surface area contributed by atoms with Gasteiger partial charge < -0.3 is 9.52 Å². The summed E-state index contributed by atoms with van der Waals surface area (Å²) in [4.78, 5) is 19.2. The number of nitrogens with zero attached hydrogens (tertiary/aromatic N) is 3. The number of hydrogen-bond acceptors (Lipinski definition) is 6. The number of nitro groups is 1. The van der Waals surface area contributed by atoms with Crippen molar-refractivity contribution in [1.82, 2.24) is 4.98 Å². The number of aromatic nitrogens is 1. The van der Waals surface area contributed by atoms with Gasteiger partial charge in [0, 0.05) is 23.4 Å². The summed E-state index contributed by atoms with van der Waals surface area (Å²) in [6, 6.07) is 17.3. The van der Waals surface area contributed by atoms with Gasteiger partial charge in [-0.3, -0.25) is 15.1 Å². The maximum absolute atomic E-state index is 10.9. The van der Waals surface area contributed by atoms with Crippen molar-refractivity contribution in [1.29, 1.82) is 0 Å². The van der Waals surface area contributed by atoms with Crippen LogP contribution in [0.2, 0.25) is 0 Å². The number of phenols is 1. The summed E-state index contributed by atoms with van der Waals surface area (Å²) in [5.41, 5.74) is 3.81. The van der Waals surface area contributed by atoms with Crippen molar-refractivity contribution in [3.63, 3.8) is 0 Å². The molecule has 0 aliphatic carbocycles. The fourth-order valence-corrected chi connectivity index (χ4v) is 2.87. The summed E-state index contributed by atoms with van der Waals surface area (Å²) in [6.07, 6.45) is 1.39. The maximum Gasteiger partial charge on any atom is 0.311 e. The molecule has 1 heterocycles. The molecule has 138 valence electrons. The summed E-state index contributed by atoms with van der Waals surface area (Å²) in [5.74, 6) is 0.0707. The number of aromatic hydroxyl groups is 1. The molecule has 1 N–H and O–H groups in total. The van der Waals surface area contributed by atoms with Crippen molar-refractivity contribution >= 4 is 28.7 Å². The molecule has 0 saturated heterocycles. The smallest absolute Gasteiger partial charge is 0.311 e. The number of fused-ring (bicyclic) bond motifs is 1. The Morgan fingerprint density at radius 3 is 2.71 bits per heavy atom. The van der Waals surface area contributed by atoms with E-state index < -0.39 is 10.7 Å². The molecular weight excluding hydrogens is 358 g/mol. The Labute approximate surface area is 159 Å². The number of benzene rings is 3. The molecule has 0 spiro atoms. The highest BCUT2D eigenvalue weighted by molar-refractivity contribution is 5.87. The summed E-state index contributed by atoms with van der Waals surface area (Å²) in [7, 11) is 0. The normalized spacial score (nSPS) is 11.3. The van der Waals surface area contributed by atoms with Crippen molar-refractivity contribution < 1.29 is 14.4 Å².